The number of para-hydroxylation sites is 2. The lowest BCUT2D eigenvalue weighted by Crippen LogP contribution is -2.55. The topological polar surface area (TPSA) is 62.7 Å². The van der Waals surface area contributed by atoms with Crippen LogP contribution in [-0.4, -0.2) is 28.8 Å². The van der Waals surface area contributed by atoms with Crippen LogP contribution in [0.4, 0.5) is 0 Å². The lowest BCUT2D eigenvalue weighted by molar-refractivity contribution is -0.700. The number of nitrogens with one attached hydrogen (secondary N) is 1. The van der Waals surface area contributed by atoms with E-state index in [-0.39, 0.29) is 6.17 Å². The summed E-state index contributed by atoms with van der Waals surface area (Å²) < 4.78 is 18.9. The zero-order chi connectivity index (χ0) is 39.9. The van der Waals surface area contributed by atoms with E-state index in [2.05, 4.69) is 160 Å². The van der Waals surface area contributed by atoms with Gasteiger partial charge in [-0.05, 0) is 71.5 Å². The van der Waals surface area contributed by atoms with Gasteiger partial charge >= 0.3 is 0 Å². The highest BCUT2D eigenvalue weighted by molar-refractivity contribution is 7.19. The quantitative estimate of drug-likeness (QED) is 0.111. The standard InChI is InChI=1S/C50H47N6OS2/c1-5-7-15-32(6-2)29-57-36-24-22-34(23-25-36)46-44-43(47-37(26-51)49-53(30(3)55(46)47)38-18-11-13-20-40(38)58-49)45(33-16-9-8-10-17-33)56-31(4)54-39-19-12-14-21-41(39)59-50(54)42(48(44)56)35-27-52-28-35/h8-14,16-25,30,32,35,52H,5-7,15,27-29H2,1-4H3/q+1. The number of nitrogens with zero attached hydrogens (tertiary/aromatic N) is 5. The molecule has 0 bridgehead atoms. The highest BCUT2D eigenvalue weighted by Gasteiger charge is 2.43. The van der Waals surface area contributed by atoms with Gasteiger partial charge in [0.25, 0.3) is 5.01 Å². The first-order valence-corrected chi connectivity index (χ1v) is 22.8. The molecule has 2 unspecified atom stereocenters. The van der Waals surface area contributed by atoms with E-state index in [1.165, 1.54) is 55.5 Å². The lowest BCUT2D eigenvalue weighted by atomic mass is 9.91. The van der Waals surface area contributed by atoms with Gasteiger partial charge in [-0.25, -0.2) is 0 Å². The largest absolute Gasteiger partial charge is 0.493 e. The number of nitriles is 1. The van der Waals surface area contributed by atoms with Crippen molar-refractivity contribution in [1.29, 1.82) is 5.26 Å². The molecule has 9 heteroatoms. The van der Waals surface area contributed by atoms with Gasteiger partial charge in [0, 0.05) is 54.4 Å². The molecule has 7 heterocycles. The van der Waals surface area contributed by atoms with E-state index in [1.54, 1.807) is 11.3 Å². The Labute approximate surface area is 352 Å². The first-order chi connectivity index (χ1) is 29.0. The van der Waals surface area contributed by atoms with E-state index >= 15 is 0 Å². The van der Waals surface area contributed by atoms with Crippen molar-refractivity contribution in [2.45, 2.75) is 59.5 Å². The minimum atomic E-state index is -0.100. The molecule has 0 spiro atoms. The van der Waals surface area contributed by atoms with E-state index in [0.29, 0.717) is 11.8 Å². The second-order valence-electron chi connectivity index (χ2n) is 16.4. The van der Waals surface area contributed by atoms with Crippen molar-refractivity contribution < 1.29 is 13.9 Å². The molecular weight excluding hydrogens is 765 g/mol. The SMILES string of the molecule is CCCCC(CC)COc1ccc(-c2c3c4n(c(-c5ccccc5)c3c3n2C(C)[n+]2c(sc5ccccc52)C=3C#N)[C-](C)[n+]2c(sc3ccccc32)C=4C2CNC2)cc1. The van der Waals surface area contributed by atoms with Crippen molar-refractivity contribution in [3.63, 3.8) is 0 Å². The minimum Gasteiger partial charge on any atom is -0.493 e. The maximum atomic E-state index is 11.4. The number of aromatic nitrogens is 4. The highest BCUT2D eigenvalue weighted by atomic mass is 32.1. The first-order valence-electron chi connectivity index (χ1n) is 21.2. The Balaban J connectivity index is 1.29. The number of fused-ring (bicyclic) bond motifs is 11. The molecule has 11 rings (SSSR count). The monoisotopic (exact) mass is 811 g/mol. The summed E-state index contributed by atoms with van der Waals surface area (Å²) in [6.45, 7) is 11.7. The van der Waals surface area contributed by atoms with Gasteiger partial charge in [-0.2, -0.15) is 9.83 Å². The van der Waals surface area contributed by atoms with Gasteiger partial charge in [0.2, 0.25) is 11.7 Å². The van der Waals surface area contributed by atoms with Gasteiger partial charge in [-0.1, -0.05) is 99.0 Å². The molecule has 4 aromatic heterocycles. The average Bonchev–Trinajstić information content (AvgIpc) is 4.01. The van der Waals surface area contributed by atoms with E-state index in [1.807, 2.05) is 11.3 Å². The van der Waals surface area contributed by atoms with E-state index in [9.17, 15) is 5.26 Å². The molecule has 3 aliphatic rings. The molecule has 0 saturated carbocycles. The number of unbranched alkanes of at least 4 members (excludes halogenated alkanes) is 1. The molecule has 0 radical (unpaired) electrons. The summed E-state index contributed by atoms with van der Waals surface area (Å²) >= 11 is 3.62. The Kier molecular flexibility index (Phi) is 8.81. The predicted molar refractivity (Wildman–Crippen MR) is 240 cm³/mol. The molecule has 3 aliphatic heterocycles. The summed E-state index contributed by atoms with van der Waals surface area (Å²) in [5.74, 6) is 1.78. The van der Waals surface area contributed by atoms with Crippen LogP contribution in [0.2, 0.25) is 0 Å². The smallest absolute Gasteiger partial charge is 0.284 e. The van der Waals surface area contributed by atoms with Crippen LogP contribution in [0.25, 0.3) is 64.9 Å². The van der Waals surface area contributed by atoms with Crippen molar-refractivity contribution in [2.24, 2.45) is 11.8 Å². The number of thiazole rings is 2. The van der Waals surface area contributed by atoms with Gasteiger partial charge in [-0.15, -0.1) is 11.3 Å². The third-order valence-corrected chi connectivity index (χ3v) is 15.3. The Morgan fingerprint density at radius 2 is 1.49 bits per heavy atom. The molecular formula is C50H47N6OS2+. The van der Waals surface area contributed by atoms with Crippen LogP contribution in [0.5, 0.6) is 5.75 Å². The number of hydrogen-bond donors (Lipinski definition) is 1. The van der Waals surface area contributed by atoms with Gasteiger partial charge in [-0.3, -0.25) is 13.7 Å². The molecule has 2 atom stereocenters. The van der Waals surface area contributed by atoms with Gasteiger partial charge in [0.1, 0.15) is 21.5 Å². The summed E-state index contributed by atoms with van der Waals surface area (Å²) in [6, 6.07) is 39.9. The van der Waals surface area contributed by atoms with Crippen LogP contribution < -0.4 is 29.9 Å². The summed E-state index contributed by atoms with van der Waals surface area (Å²) in [5.41, 5.74) is 9.00. The Morgan fingerprint density at radius 1 is 0.831 bits per heavy atom. The molecule has 1 N–H and O–H groups in total. The maximum absolute atomic E-state index is 11.4. The minimum absolute atomic E-state index is 0.100. The molecule has 7 nitrogen and oxygen atoms in total. The fraction of sp³-hybridized carbons (Fsp3) is 0.280. The first kappa shape index (κ1) is 36.4. The molecule has 4 aromatic carbocycles. The highest BCUT2D eigenvalue weighted by Crippen LogP contribution is 2.43. The zero-order valence-corrected chi connectivity index (χ0v) is 35.6. The Morgan fingerprint density at radius 3 is 2.19 bits per heavy atom. The van der Waals surface area contributed by atoms with Crippen molar-refractivity contribution in [1.82, 2.24) is 14.5 Å². The summed E-state index contributed by atoms with van der Waals surface area (Å²) in [4.78, 5) is 0. The molecule has 0 amide bonds. The molecule has 8 aromatic rings. The number of ether oxygens (including phenoxy) is 1. The molecule has 294 valence electrons. The molecule has 1 fully saturated rings. The summed E-state index contributed by atoms with van der Waals surface area (Å²) in [5, 5.41) is 22.0. The van der Waals surface area contributed by atoms with Crippen molar-refractivity contribution in [2.75, 3.05) is 19.7 Å². The average molecular weight is 812 g/mol. The van der Waals surface area contributed by atoms with Gasteiger partial charge in [0.05, 0.1) is 34.2 Å². The zero-order valence-electron chi connectivity index (χ0n) is 34.0. The summed E-state index contributed by atoms with van der Waals surface area (Å²) in [6.07, 6.45) is 5.81. The second-order valence-corrected chi connectivity index (χ2v) is 18.4. The van der Waals surface area contributed by atoms with Crippen LogP contribution in [0.3, 0.4) is 0 Å². The van der Waals surface area contributed by atoms with Crippen molar-refractivity contribution in [3.05, 3.63) is 130 Å². The third kappa shape index (κ3) is 5.36. The fourth-order valence-corrected chi connectivity index (χ4v) is 12.5. The van der Waals surface area contributed by atoms with Crippen LogP contribution in [0, 0.1) is 29.3 Å². The predicted octanol–water partition coefficient (Wildman–Crippen LogP) is 9.12. The second kappa shape index (κ2) is 14.3. The van der Waals surface area contributed by atoms with Crippen LogP contribution in [0.15, 0.2) is 103 Å². The third-order valence-electron chi connectivity index (χ3n) is 13.0. The van der Waals surface area contributed by atoms with Crippen molar-refractivity contribution >= 4 is 65.0 Å². The van der Waals surface area contributed by atoms with E-state index in [4.69, 9.17) is 4.74 Å². The lowest BCUT2D eigenvalue weighted by Gasteiger charge is -2.34. The number of benzene rings is 4. The maximum Gasteiger partial charge on any atom is 0.284 e. The number of rotatable bonds is 10. The van der Waals surface area contributed by atoms with E-state index in [0.717, 1.165) is 87.4 Å². The summed E-state index contributed by atoms with van der Waals surface area (Å²) in [7, 11) is 0. The van der Waals surface area contributed by atoms with Gasteiger partial charge in [0.15, 0.2) is 11.7 Å². The van der Waals surface area contributed by atoms with Crippen LogP contribution in [-0.2, 0) is 0 Å². The fourth-order valence-electron chi connectivity index (χ4n) is 9.97. The normalized spacial score (nSPS) is 16.5. The van der Waals surface area contributed by atoms with Gasteiger partial charge < -0.3 is 10.1 Å². The number of hydrogen-bond acceptors (Lipinski definition) is 5. The van der Waals surface area contributed by atoms with Crippen LogP contribution in [0.1, 0.15) is 69.6 Å². The molecule has 0 aliphatic carbocycles. The van der Waals surface area contributed by atoms with Crippen molar-refractivity contribution in [3.8, 4) is 34.3 Å². The molecule has 59 heavy (non-hydrogen) atoms. The molecule has 1 saturated heterocycles. The Bertz CT molecular complexity index is 3120. The van der Waals surface area contributed by atoms with E-state index < -0.39 is 0 Å². The Hall–Kier alpha value is -5.66. The van der Waals surface area contributed by atoms with Crippen LogP contribution >= 0.6 is 22.7 Å².